The molecule has 1 aromatic carbocycles. The minimum atomic E-state index is 0. The number of nitrogens with zero attached hydrogens (tertiary/aromatic N) is 2. The molecule has 0 aliphatic carbocycles. The summed E-state index contributed by atoms with van der Waals surface area (Å²) in [6.07, 6.45) is 0.0392. The predicted octanol–water partition coefficient (Wildman–Crippen LogP) is 2.49. The summed E-state index contributed by atoms with van der Waals surface area (Å²) < 4.78 is 11.2. The van der Waals surface area contributed by atoms with Gasteiger partial charge in [-0.2, -0.15) is 4.98 Å². The van der Waals surface area contributed by atoms with Gasteiger partial charge >= 0.3 is 0 Å². The van der Waals surface area contributed by atoms with Crippen molar-refractivity contribution >= 4 is 53.5 Å². The van der Waals surface area contributed by atoms with Gasteiger partial charge < -0.3 is 19.8 Å². The van der Waals surface area contributed by atoms with E-state index < -0.39 is 0 Å². The molecule has 1 saturated heterocycles. The highest BCUT2D eigenvalue weighted by Crippen LogP contribution is 2.25. The molecule has 2 heterocycles. The summed E-state index contributed by atoms with van der Waals surface area (Å²) in [4.78, 5) is 6.49. The van der Waals surface area contributed by atoms with Gasteiger partial charge in [0.1, 0.15) is 5.52 Å². The second kappa shape index (κ2) is 7.33. The highest BCUT2D eigenvalue weighted by Gasteiger charge is 2.23. The van der Waals surface area contributed by atoms with Crippen LogP contribution in [0.3, 0.4) is 0 Å². The fraction of sp³-hybridized carbons (Fsp3) is 0.417. The maximum atomic E-state index is 5.93. The van der Waals surface area contributed by atoms with E-state index in [1.165, 1.54) is 0 Å². The van der Waals surface area contributed by atoms with Gasteiger partial charge in [0.2, 0.25) is 0 Å². The summed E-state index contributed by atoms with van der Waals surface area (Å²) >= 11 is 5.93. The lowest BCUT2D eigenvalue weighted by molar-refractivity contribution is 0.0449. The number of aromatic nitrogens is 1. The van der Waals surface area contributed by atoms with Crippen molar-refractivity contribution < 1.29 is 9.15 Å². The fourth-order valence-corrected chi connectivity index (χ4v) is 2.23. The van der Waals surface area contributed by atoms with Crippen LogP contribution in [0.5, 0.6) is 0 Å². The Morgan fingerprint density at radius 3 is 2.95 bits per heavy atom. The number of fused-ring (bicyclic) bond motifs is 1. The molecule has 1 atom stereocenters. The molecule has 1 unspecified atom stereocenters. The molecule has 0 spiro atoms. The van der Waals surface area contributed by atoms with Crippen LogP contribution in [-0.4, -0.2) is 37.3 Å². The number of benzene rings is 1. The van der Waals surface area contributed by atoms with Crippen LogP contribution in [0.15, 0.2) is 22.6 Å². The third-order valence-corrected chi connectivity index (χ3v) is 3.25. The third kappa shape index (κ3) is 3.48. The second-order valence-electron chi connectivity index (χ2n) is 4.28. The van der Waals surface area contributed by atoms with Crippen LogP contribution in [0, 0.1) is 0 Å². The quantitative estimate of drug-likeness (QED) is 0.910. The van der Waals surface area contributed by atoms with Gasteiger partial charge in [-0.3, -0.25) is 0 Å². The van der Waals surface area contributed by atoms with E-state index in [1.807, 2.05) is 6.07 Å². The molecule has 0 amide bonds. The van der Waals surface area contributed by atoms with E-state index >= 15 is 0 Å². The first kappa shape index (κ1) is 17.3. The number of hydrogen-bond donors (Lipinski definition) is 1. The summed E-state index contributed by atoms with van der Waals surface area (Å²) in [5.74, 6) is 0. The van der Waals surface area contributed by atoms with Gasteiger partial charge in [-0.1, -0.05) is 11.6 Å². The summed E-state index contributed by atoms with van der Waals surface area (Å²) in [7, 11) is 0. The lowest BCUT2D eigenvalue weighted by atomic mass is 10.3. The van der Waals surface area contributed by atoms with Gasteiger partial charge in [-0.05, 0) is 18.2 Å². The molecule has 1 aliphatic rings. The standard InChI is InChI=1S/C12H14ClN3O2.2ClH/c13-8-1-2-11-10(5-8)15-12(18-11)16-3-4-17-9(6-14)7-16;;/h1-2,5,9H,3-4,6-7,14H2;2*1H. The van der Waals surface area contributed by atoms with E-state index in [4.69, 9.17) is 26.5 Å². The van der Waals surface area contributed by atoms with Crippen LogP contribution in [0.1, 0.15) is 0 Å². The Morgan fingerprint density at radius 1 is 1.40 bits per heavy atom. The van der Waals surface area contributed by atoms with Crippen LogP contribution in [0.2, 0.25) is 5.02 Å². The van der Waals surface area contributed by atoms with E-state index in [0.29, 0.717) is 30.7 Å². The molecule has 5 nitrogen and oxygen atoms in total. The first-order chi connectivity index (χ1) is 8.76. The third-order valence-electron chi connectivity index (χ3n) is 3.01. The molecule has 0 saturated carbocycles. The first-order valence-electron chi connectivity index (χ1n) is 5.89. The molecule has 2 N–H and O–H groups in total. The van der Waals surface area contributed by atoms with Crippen LogP contribution >= 0.6 is 36.4 Å². The molecule has 112 valence electrons. The maximum absolute atomic E-state index is 5.93. The Balaban J connectivity index is 0.000001000. The molecule has 3 rings (SSSR count). The summed E-state index contributed by atoms with van der Waals surface area (Å²) in [5, 5.41) is 0.657. The number of anilines is 1. The summed E-state index contributed by atoms with van der Waals surface area (Å²) in [6.45, 7) is 2.61. The van der Waals surface area contributed by atoms with Gasteiger partial charge in [0.15, 0.2) is 5.58 Å². The van der Waals surface area contributed by atoms with E-state index in [0.717, 1.165) is 17.6 Å². The molecule has 0 bridgehead atoms. The minimum Gasteiger partial charge on any atom is -0.423 e. The highest BCUT2D eigenvalue weighted by atomic mass is 35.5. The Labute approximate surface area is 134 Å². The van der Waals surface area contributed by atoms with E-state index in [-0.39, 0.29) is 30.9 Å². The van der Waals surface area contributed by atoms with Crippen molar-refractivity contribution in [2.24, 2.45) is 5.73 Å². The number of ether oxygens (including phenoxy) is 1. The lowest BCUT2D eigenvalue weighted by Gasteiger charge is -2.30. The Kier molecular flexibility index (Phi) is 6.36. The predicted molar refractivity (Wildman–Crippen MR) is 84.5 cm³/mol. The maximum Gasteiger partial charge on any atom is 0.298 e. The number of nitrogens with two attached hydrogens (primary N) is 1. The van der Waals surface area contributed by atoms with Crippen molar-refractivity contribution in [3.8, 4) is 0 Å². The zero-order chi connectivity index (χ0) is 12.5. The zero-order valence-electron chi connectivity index (χ0n) is 10.6. The number of oxazole rings is 1. The summed E-state index contributed by atoms with van der Waals surface area (Å²) in [6, 6.07) is 6.02. The Bertz CT molecular complexity index is 564. The molecule has 2 aromatic rings. The monoisotopic (exact) mass is 339 g/mol. The average molecular weight is 341 g/mol. The molecule has 1 fully saturated rings. The molecule has 1 aromatic heterocycles. The summed E-state index contributed by atoms with van der Waals surface area (Å²) in [5.41, 5.74) is 7.13. The molecular formula is C12H16Cl3N3O2. The largest absolute Gasteiger partial charge is 0.423 e. The second-order valence-corrected chi connectivity index (χ2v) is 4.72. The lowest BCUT2D eigenvalue weighted by Crippen LogP contribution is -2.45. The van der Waals surface area contributed by atoms with Gasteiger partial charge in [-0.15, -0.1) is 24.8 Å². The van der Waals surface area contributed by atoms with Crippen molar-refractivity contribution in [3.63, 3.8) is 0 Å². The Hall–Kier alpha value is -0.720. The van der Waals surface area contributed by atoms with Crippen molar-refractivity contribution in [1.29, 1.82) is 0 Å². The van der Waals surface area contributed by atoms with E-state index in [9.17, 15) is 0 Å². The van der Waals surface area contributed by atoms with Crippen LogP contribution in [0.25, 0.3) is 11.1 Å². The number of hydrogen-bond acceptors (Lipinski definition) is 5. The smallest absolute Gasteiger partial charge is 0.298 e. The number of rotatable bonds is 2. The first-order valence-corrected chi connectivity index (χ1v) is 6.27. The van der Waals surface area contributed by atoms with Crippen molar-refractivity contribution in [1.82, 2.24) is 4.98 Å². The topological polar surface area (TPSA) is 64.5 Å². The van der Waals surface area contributed by atoms with E-state index in [1.54, 1.807) is 12.1 Å². The van der Waals surface area contributed by atoms with E-state index in [2.05, 4.69) is 9.88 Å². The van der Waals surface area contributed by atoms with Crippen molar-refractivity contribution in [2.45, 2.75) is 6.10 Å². The molecule has 1 aliphatic heterocycles. The van der Waals surface area contributed by atoms with Crippen LogP contribution < -0.4 is 10.6 Å². The van der Waals surface area contributed by atoms with Crippen LogP contribution in [-0.2, 0) is 4.74 Å². The fourth-order valence-electron chi connectivity index (χ4n) is 2.06. The average Bonchev–Trinajstić information content (AvgIpc) is 2.81. The van der Waals surface area contributed by atoms with Crippen molar-refractivity contribution in [3.05, 3.63) is 23.2 Å². The molecular weight excluding hydrogens is 325 g/mol. The molecule has 20 heavy (non-hydrogen) atoms. The minimum absolute atomic E-state index is 0. The van der Waals surface area contributed by atoms with Crippen LogP contribution in [0.4, 0.5) is 6.01 Å². The zero-order valence-corrected chi connectivity index (χ0v) is 13.0. The van der Waals surface area contributed by atoms with Gasteiger partial charge in [0.05, 0.1) is 12.7 Å². The number of halogens is 3. The normalized spacial score (nSPS) is 18.5. The van der Waals surface area contributed by atoms with Crippen molar-refractivity contribution in [2.75, 3.05) is 31.1 Å². The molecule has 0 radical (unpaired) electrons. The van der Waals surface area contributed by atoms with Gasteiger partial charge in [-0.25, -0.2) is 0 Å². The number of morpholine rings is 1. The highest BCUT2D eigenvalue weighted by molar-refractivity contribution is 6.31. The Morgan fingerprint density at radius 2 is 2.20 bits per heavy atom. The van der Waals surface area contributed by atoms with Gasteiger partial charge in [0, 0.05) is 24.7 Å². The van der Waals surface area contributed by atoms with Gasteiger partial charge in [0.25, 0.3) is 6.01 Å². The molecule has 8 heteroatoms. The SMILES string of the molecule is Cl.Cl.NCC1CN(c2nc3cc(Cl)ccc3o2)CCO1.